The Hall–Kier alpha value is -2.10. The maximum Gasteiger partial charge on any atom is 0.257 e. The minimum Gasteiger partial charge on any atom is -0.339 e. The predicted molar refractivity (Wildman–Crippen MR) is 87.6 cm³/mol. The van der Waals surface area contributed by atoms with E-state index in [2.05, 4.69) is 43.2 Å². The first kappa shape index (κ1) is 14.8. The van der Waals surface area contributed by atoms with E-state index in [1.807, 2.05) is 16.5 Å². The highest BCUT2D eigenvalue weighted by atomic mass is 16.2. The fourth-order valence-corrected chi connectivity index (χ4v) is 3.16. The summed E-state index contributed by atoms with van der Waals surface area (Å²) in [7, 11) is 0. The van der Waals surface area contributed by atoms with E-state index in [1.165, 1.54) is 5.56 Å². The van der Waals surface area contributed by atoms with E-state index in [0.29, 0.717) is 0 Å². The second-order valence-corrected chi connectivity index (χ2v) is 6.01. The summed E-state index contributed by atoms with van der Waals surface area (Å²) in [6.45, 7) is 7.84. The zero-order chi connectivity index (χ0) is 15.7. The molecule has 0 atom stereocenters. The van der Waals surface area contributed by atoms with Gasteiger partial charge in [-0.15, -0.1) is 0 Å². The standard InChI is InChI=1S/C18H23N3O/c1-4-16-17(18(22)20-11-5-6-12-20)14(3)19-21(16)15-9-7-13(2)8-10-15/h7-10H,4-6,11-12H2,1-3H3. The zero-order valence-electron chi connectivity index (χ0n) is 13.6. The lowest BCUT2D eigenvalue weighted by Gasteiger charge is -2.16. The molecule has 0 bridgehead atoms. The molecule has 2 heterocycles. The predicted octanol–water partition coefficient (Wildman–Crippen LogP) is 3.29. The molecule has 0 aliphatic carbocycles. The Labute approximate surface area is 131 Å². The number of rotatable bonds is 3. The summed E-state index contributed by atoms with van der Waals surface area (Å²) in [5, 5.41) is 4.64. The molecule has 1 aliphatic heterocycles. The van der Waals surface area contributed by atoms with Crippen molar-refractivity contribution in [2.75, 3.05) is 13.1 Å². The summed E-state index contributed by atoms with van der Waals surface area (Å²) < 4.78 is 1.93. The van der Waals surface area contributed by atoms with E-state index < -0.39 is 0 Å². The summed E-state index contributed by atoms with van der Waals surface area (Å²) in [6, 6.07) is 8.28. The number of carbonyl (C=O) groups excluding carboxylic acids is 1. The Bertz CT molecular complexity index is 679. The van der Waals surface area contributed by atoms with Crippen LogP contribution < -0.4 is 0 Å². The molecule has 22 heavy (non-hydrogen) atoms. The van der Waals surface area contributed by atoms with Gasteiger partial charge in [0.05, 0.1) is 22.6 Å². The Morgan fingerprint density at radius 3 is 2.36 bits per heavy atom. The number of nitrogens with zero attached hydrogens (tertiary/aromatic N) is 3. The molecule has 2 aromatic rings. The van der Waals surface area contributed by atoms with E-state index in [1.54, 1.807) is 0 Å². The molecule has 1 fully saturated rings. The van der Waals surface area contributed by atoms with Gasteiger partial charge in [0.1, 0.15) is 0 Å². The van der Waals surface area contributed by atoms with Crippen LogP contribution >= 0.6 is 0 Å². The van der Waals surface area contributed by atoms with E-state index in [0.717, 1.165) is 55.0 Å². The van der Waals surface area contributed by atoms with Crippen molar-refractivity contribution < 1.29 is 4.79 Å². The quantitative estimate of drug-likeness (QED) is 0.872. The Morgan fingerprint density at radius 2 is 1.77 bits per heavy atom. The Balaban J connectivity index is 2.04. The molecule has 1 saturated heterocycles. The number of aryl methyl sites for hydroxylation is 2. The van der Waals surface area contributed by atoms with Crippen molar-refractivity contribution in [1.82, 2.24) is 14.7 Å². The van der Waals surface area contributed by atoms with Gasteiger partial charge in [-0.1, -0.05) is 24.6 Å². The molecule has 116 valence electrons. The van der Waals surface area contributed by atoms with Crippen LogP contribution in [0.25, 0.3) is 5.69 Å². The van der Waals surface area contributed by atoms with Crippen molar-refractivity contribution in [3.63, 3.8) is 0 Å². The lowest BCUT2D eigenvalue weighted by atomic mass is 10.1. The SMILES string of the molecule is CCc1c(C(=O)N2CCCC2)c(C)nn1-c1ccc(C)cc1. The van der Waals surface area contributed by atoms with Gasteiger partial charge in [-0.2, -0.15) is 5.10 Å². The molecule has 0 saturated carbocycles. The first-order valence-corrected chi connectivity index (χ1v) is 8.06. The lowest BCUT2D eigenvalue weighted by Crippen LogP contribution is -2.28. The maximum absolute atomic E-state index is 12.8. The minimum atomic E-state index is 0.144. The summed E-state index contributed by atoms with van der Waals surface area (Å²) >= 11 is 0. The average molecular weight is 297 g/mol. The van der Waals surface area contributed by atoms with Crippen LogP contribution in [0.4, 0.5) is 0 Å². The van der Waals surface area contributed by atoms with E-state index in [4.69, 9.17) is 0 Å². The van der Waals surface area contributed by atoms with E-state index in [9.17, 15) is 4.79 Å². The molecular formula is C18H23N3O. The highest BCUT2D eigenvalue weighted by Crippen LogP contribution is 2.23. The zero-order valence-corrected chi connectivity index (χ0v) is 13.6. The normalized spacial score (nSPS) is 14.6. The number of hydrogen-bond acceptors (Lipinski definition) is 2. The van der Waals surface area contributed by atoms with Crippen LogP contribution in [-0.2, 0) is 6.42 Å². The van der Waals surface area contributed by atoms with Gasteiger partial charge in [0.2, 0.25) is 0 Å². The minimum absolute atomic E-state index is 0.144. The summed E-state index contributed by atoms with van der Waals surface area (Å²) in [4.78, 5) is 14.8. The van der Waals surface area contributed by atoms with Crippen molar-refractivity contribution in [1.29, 1.82) is 0 Å². The van der Waals surface area contributed by atoms with Gasteiger partial charge in [-0.05, 0) is 45.2 Å². The molecule has 0 N–H and O–H groups in total. The fraction of sp³-hybridized carbons (Fsp3) is 0.444. The topological polar surface area (TPSA) is 38.1 Å². The lowest BCUT2D eigenvalue weighted by molar-refractivity contribution is 0.0791. The van der Waals surface area contributed by atoms with Crippen molar-refractivity contribution in [3.05, 3.63) is 46.8 Å². The number of amides is 1. The smallest absolute Gasteiger partial charge is 0.257 e. The monoisotopic (exact) mass is 297 g/mol. The average Bonchev–Trinajstić information content (AvgIpc) is 3.15. The summed E-state index contributed by atoms with van der Waals surface area (Å²) in [5.41, 5.74) is 4.88. The van der Waals surface area contributed by atoms with Crippen LogP contribution in [0.1, 0.15) is 47.1 Å². The molecule has 1 aliphatic rings. The number of likely N-dealkylation sites (tertiary alicyclic amines) is 1. The Morgan fingerprint density at radius 1 is 1.14 bits per heavy atom. The molecule has 4 nitrogen and oxygen atoms in total. The van der Waals surface area contributed by atoms with Crippen LogP contribution in [0, 0.1) is 13.8 Å². The third-order valence-electron chi connectivity index (χ3n) is 4.38. The molecule has 1 aromatic carbocycles. The van der Waals surface area contributed by atoms with Crippen LogP contribution in [0.15, 0.2) is 24.3 Å². The summed E-state index contributed by atoms with van der Waals surface area (Å²) in [6.07, 6.45) is 3.01. The molecule has 0 radical (unpaired) electrons. The molecule has 0 unspecified atom stereocenters. The highest BCUT2D eigenvalue weighted by Gasteiger charge is 2.26. The fourth-order valence-electron chi connectivity index (χ4n) is 3.16. The molecule has 4 heteroatoms. The molecule has 0 spiro atoms. The van der Waals surface area contributed by atoms with Crippen LogP contribution in [0.5, 0.6) is 0 Å². The van der Waals surface area contributed by atoms with Gasteiger partial charge < -0.3 is 4.90 Å². The third-order valence-corrected chi connectivity index (χ3v) is 4.38. The van der Waals surface area contributed by atoms with Crippen LogP contribution in [-0.4, -0.2) is 33.7 Å². The molecule has 3 rings (SSSR count). The highest BCUT2D eigenvalue weighted by molar-refractivity contribution is 5.96. The van der Waals surface area contributed by atoms with Crippen molar-refractivity contribution in [2.45, 2.75) is 40.0 Å². The van der Waals surface area contributed by atoms with Crippen LogP contribution in [0.2, 0.25) is 0 Å². The van der Waals surface area contributed by atoms with Gasteiger partial charge in [-0.3, -0.25) is 4.79 Å². The van der Waals surface area contributed by atoms with Crippen LogP contribution in [0.3, 0.4) is 0 Å². The van der Waals surface area contributed by atoms with Gasteiger partial charge in [0.25, 0.3) is 5.91 Å². The van der Waals surface area contributed by atoms with Crippen molar-refractivity contribution in [3.8, 4) is 5.69 Å². The second-order valence-electron chi connectivity index (χ2n) is 6.01. The van der Waals surface area contributed by atoms with Crippen molar-refractivity contribution >= 4 is 5.91 Å². The van der Waals surface area contributed by atoms with Gasteiger partial charge in [0, 0.05) is 13.1 Å². The number of benzene rings is 1. The van der Waals surface area contributed by atoms with E-state index in [-0.39, 0.29) is 5.91 Å². The van der Waals surface area contributed by atoms with Gasteiger partial charge in [0.15, 0.2) is 0 Å². The van der Waals surface area contributed by atoms with Gasteiger partial charge >= 0.3 is 0 Å². The first-order valence-electron chi connectivity index (χ1n) is 8.06. The number of carbonyl (C=O) groups is 1. The van der Waals surface area contributed by atoms with E-state index >= 15 is 0 Å². The number of hydrogen-bond donors (Lipinski definition) is 0. The molecular weight excluding hydrogens is 274 g/mol. The Kier molecular flexibility index (Phi) is 4.01. The number of aromatic nitrogens is 2. The first-order chi connectivity index (χ1) is 10.6. The summed E-state index contributed by atoms with van der Waals surface area (Å²) in [5.74, 6) is 0.144. The van der Waals surface area contributed by atoms with Gasteiger partial charge in [-0.25, -0.2) is 4.68 Å². The molecule has 1 aromatic heterocycles. The molecule has 1 amide bonds. The second kappa shape index (κ2) is 5.95. The largest absolute Gasteiger partial charge is 0.339 e. The van der Waals surface area contributed by atoms with Crippen molar-refractivity contribution in [2.24, 2.45) is 0 Å². The third kappa shape index (κ3) is 2.54. The maximum atomic E-state index is 12.8.